The first-order valence-electron chi connectivity index (χ1n) is 10.3. The summed E-state index contributed by atoms with van der Waals surface area (Å²) in [5.41, 5.74) is 1.01. The van der Waals surface area contributed by atoms with Crippen LogP contribution >= 0.6 is 0 Å². The Morgan fingerprint density at radius 1 is 0.867 bits per heavy atom. The molecule has 1 saturated heterocycles. The Morgan fingerprint density at radius 2 is 1.50 bits per heavy atom. The maximum absolute atomic E-state index is 13.1. The number of halogens is 1. The van der Waals surface area contributed by atoms with Crippen molar-refractivity contribution in [2.75, 3.05) is 32.8 Å². The van der Waals surface area contributed by atoms with E-state index in [-0.39, 0.29) is 36.1 Å². The van der Waals surface area contributed by atoms with E-state index in [1.165, 1.54) is 12.1 Å². The predicted molar refractivity (Wildman–Crippen MR) is 107 cm³/mol. The number of benzene rings is 2. The summed E-state index contributed by atoms with van der Waals surface area (Å²) in [5.74, 6) is 1.12. The van der Waals surface area contributed by atoms with Crippen LogP contribution < -0.4 is 9.47 Å². The molecule has 7 heteroatoms. The van der Waals surface area contributed by atoms with Gasteiger partial charge in [-0.1, -0.05) is 24.3 Å². The molecule has 2 aromatic rings. The van der Waals surface area contributed by atoms with Gasteiger partial charge in [0.1, 0.15) is 12.4 Å². The predicted octanol–water partition coefficient (Wildman–Crippen LogP) is 2.44. The van der Waals surface area contributed by atoms with Gasteiger partial charge in [0, 0.05) is 32.1 Å². The number of carbonyl (C=O) groups is 2. The lowest BCUT2D eigenvalue weighted by atomic mass is 10.1. The lowest BCUT2D eigenvalue weighted by Crippen LogP contribution is -2.55. The third-order valence-electron chi connectivity index (χ3n) is 6.09. The summed E-state index contributed by atoms with van der Waals surface area (Å²) in [5, 5.41) is 0. The van der Waals surface area contributed by atoms with E-state index in [2.05, 4.69) is 0 Å². The Labute approximate surface area is 174 Å². The minimum atomic E-state index is -0.659. The number of fused-ring (bicyclic) bond motifs is 1. The number of nitrogens with zero attached hydrogens (tertiary/aromatic N) is 2. The summed E-state index contributed by atoms with van der Waals surface area (Å²) in [4.78, 5) is 29.3. The fourth-order valence-corrected chi connectivity index (χ4v) is 4.27. The van der Waals surface area contributed by atoms with Gasteiger partial charge in [-0.15, -0.1) is 0 Å². The van der Waals surface area contributed by atoms with Crippen molar-refractivity contribution in [1.82, 2.24) is 9.80 Å². The van der Waals surface area contributed by atoms with E-state index in [4.69, 9.17) is 9.47 Å². The van der Waals surface area contributed by atoms with Crippen molar-refractivity contribution >= 4 is 11.8 Å². The molecule has 0 unspecified atom stereocenters. The van der Waals surface area contributed by atoms with Gasteiger partial charge in [0.25, 0.3) is 5.91 Å². The van der Waals surface area contributed by atoms with Crippen molar-refractivity contribution in [1.29, 1.82) is 0 Å². The van der Waals surface area contributed by atoms with E-state index in [9.17, 15) is 14.0 Å². The number of para-hydroxylation sites is 2. The molecule has 1 saturated carbocycles. The molecule has 2 heterocycles. The molecule has 0 N–H and O–H groups in total. The highest BCUT2D eigenvalue weighted by molar-refractivity contribution is 5.84. The molecule has 0 aromatic heterocycles. The largest absolute Gasteiger partial charge is 0.485 e. The van der Waals surface area contributed by atoms with Gasteiger partial charge in [0.15, 0.2) is 11.5 Å². The molecule has 30 heavy (non-hydrogen) atoms. The Balaban J connectivity index is 1.14. The SMILES string of the molecule is O=C([C@@H]1COc2ccccc2O1)N1CCN(C(=O)[C@H]2C[C@H]2c2ccc(F)cc2)CC1. The van der Waals surface area contributed by atoms with Crippen molar-refractivity contribution < 1.29 is 23.5 Å². The first-order chi connectivity index (χ1) is 14.6. The van der Waals surface area contributed by atoms with Crippen LogP contribution in [0.4, 0.5) is 4.39 Å². The zero-order chi connectivity index (χ0) is 20.7. The standard InChI is InChI=1S/C23H23FN2O4/c24-16-7-5-15(6-8-16)17-13-18(17)22(27)25-9-11-26(12-10-25)23(28)21-14-29-19-3-1-2-4-20(19)30-21/h1-8,17-18,21H,9-14H2/t17-,18-,21-/m0/s1. The maximum atomic E-state index is 13.1. The van der Waals surface area contributed by atoms with E-state index in [0.29, 0.717) is 37.7 Å². The molecule has 2 aliphatic heterocycles. The van der Waals surface area contributed by atoms with E-state index >= 15 is 0 Å². The smallest absolute Gasteiger partial charge is 0.267 e. The number of carbonyl (C=O) groups excluding carboxylic acids is 2. The average molecular weight is 410 g/mol. The van der Waals surface area contributed by atoms with E-state index < -0.39 is 6.10 Å². The lowest BCUT2D eigenvalue weighted by molar-refractivity contribution is -0.146. The summed E-state index contributed by atoms with van der Waals surface area (Å²) in [6, 6.07) is 13.7. The minimum absolute atomic E-state index is 0.0377. The van der Waals surface area contributed by atoms with E-state index in [1.54, 1.807) is 23.1 Å². The van der Waals surface area contributed by atoms with Gasteiger partial charge in [-0.25, -0.2) is 4.39 Å². The average Bonchev–Trinajstić information content (AvgIpc) is 3.59. The van der Waals surface area contributed by atoms with E-state index in [1.807, 2.05) is 23.1 Å². The quantitative estimate of drug-likeness (QED) is 0.780. The molecule has 0 spiro atoms. The second-order valence-electron chi connectivity index (χ2n) is 8.02. The van der Waals surface area contributed by atoms with Gasteiger partial charge in [-0.05, 0) is 42.2 Å². The number of piperazine rings is 1. The zero-order valence-corrected chi connectivity index (χ0v) is 16.5. The minimum Gasteiger partial charge on any atom is -0.485 e. The summed E-state index contributed by atoms with van der Waals surface area (Å²) in [6.45, 7) is 2.19. The first kappa shape index (κ1) is 18.9. The van der Waals surface area contributed by atoms with Crippen LogP contribution in [0.5, 0.6) is 11.5 Å². The molecule has 1 aliphatic carbocycles. The Morgan fingerprint density at radius 3 is 2.20 bits per heavy atom. The van der Waals surface area contributed by atoms with Crippen LogP contribution in [0.2, 0.25) is 0 Å². The second kappa shape index (κ2) is 7.63. The Hall–Kier alpha value is -3.09. The van der Waals surface area contributed by atoms with Crippen molar-refractivity contribution in [3.63, 3.8) is 0 Å². The van der Waals surface area contributed by atoms with Crippen LogP contribution in [0.3, 0.4) is 0 Å². The molecule has 0 radical (unpaired) electrons. The number of rotatable bonds is 3. The molecule has 3 aliphatic rings. The van der Waals surface area contributed by atoms with Crippen LogP contribution in [-0.2, 0) is 9.59 Å². The molecule has 5 rings (SSSR count). The van der Waals surface area contributed by atoms with Crippen LogP contribution in [0.15, 0.2) is 48.5 Å². The van der Waals surface area contributed by atoms with Gasteiger partial charge >= 0.3 is 0 Å². The number of hydrogen-bond donors (Lipinski definition) is 0. The molecule has 156 valence electrons. The summed E-state index contributed by atoms with van der Waals surface area (Å²) in [7, 11) is 0. The van der Waals surface area contributed by atoms with Crippen molar-refractivity contribution in [3.8, 4) is 11.5 Å². The normalized spacial score (nSPS) is 25.0. The summed E-state index contributed by atoms with van der Waals surface area (Å²) >= 11 is 0. The van der Waals surface area contributed by atoms with Crippen LogP contribution in [0.25, 0.3) is 0 Å². The second-order valence-corrected chi connectivity index (χ2v) is 8.02. The molecule has 0 bridgehead atoms. The molecule has 2 amide bonds. The maximum Gasteiger partial charge on any atom is 0.267 e. The Kier molecular flexibility index (Phi) is 4.81. The van der Waals surface area contributed by atoms with Gasteiger partial charge in [0.2, 0.25) is 12.0 Å². The van der Waals surface area contributed by atoms with Crippen molar-refractivity contribution in [3.05, 3.63) is 59.9 Å². The van der Waals surface area contributed by atoms with Crippen molar-refractivity contribution in [2.45, 2.75) is 18.4 Å². The molecular weight excluding hydrogens is 387 g/mol. The summed E-state index contributed by atoms with van der Waals surface area (Å²) in [6.07, 6.45) is 0.143. The zero-order valence-electron chi connectivity index (χ0n) is 16.5. The fraction of sp³-hybridized carbons (Fsp3) is 0.391. The van der Waals surface area contributed by atoms with Crippen LogP contribution in [0, 0.1) is 11.7 Å². The Bertz CT molecular complexity index is 956. The third kappa shape index (κ3) is 3.60. The topological polar surface area (TPSA) is 59.1 Å². The van der Waals surface area contributed by atoms with Crippen molar-refractivity contribution in [2.24, 2.45) is 5.92 Å². The highest BCUT2D eigenvalue weighted by atomic mass is 19.1. The van der Waals surface area contributed by atoms with E-state index in [0.717, 1.165) is 12.0 Å². The molecular formula is C23H23FN2O4. The van der Waals surface area contributed by atoms with Crippen LogP contribution in [0.1, 0.15) is 17.9 Å². The van der Waals surface area contributed by atoms with Crippen LogP contribution in [-0.4, -0.2) is 60.5 Å². The first-order valence-corrected chi connectivity index (χ1v) is 10.3. The monoisotopic (exact) mass is 410 g/mol. The van der Waals surface area contributed by atoms with Gasteiger partial charge in [-0.3, -0.25) is 9.59 Å². The molecule has 6 nitrogen and oxygen atoms in total. The van der Waals surface area contributed by atoms with Gasteiger partial charge < -0.3 is 19.3 Å². The highest BCUT2D eigenvalue weighted by Crippen LogP contribution is 2.48. The third-order valence-corrected chi connectivity index (χ3v) is 6.09. The number of amides is 2. The molecule has 3 atom stereocenters. The number of ether oxygens (including phenoxy) is 2. The molecule has 2 aromatic carbocycles. The fourth-order valence-electron chi connectivity index (χ4n) is 4.27. The molecule has 2 fully saturated rings. The van der Waals surface area contributed by atoms with Gasteiger partial charge in [-0.2, -0.15) is 0 Å². The summed E-state index contributed by atoms with van der Waals surface area (Å²) < 4.78 is 24.6. The number of hydrogen-bond acceptors (Lipinski definition) is 4. The highest BCUT2D eigenvalue weighted by Gasteiger charge is 2.46. The van der Waals surface area contributed by atoms with Gasteiger partial charge in [0.05, 0.1) is 0 Å². The lowest BCUT2D eigenvalue weighted by Gasteiger charge is -2.37.